The molecule has 0 aromatic carbocycles. The van der Waals surface area contributed by atoms with Crippen LogP contribution in [-0.4, -0.2) is 53.1 Å². The lowest BCUT2D eigenvalue weighted by atomic mass is 9.97. The summed E-state index contributed by atoms with van der Waals surface area (Å²) in [5, 5.41) is 28.2. The Morgan fingerprint density at radius 2 is 1.77 bits per heavy atom. The van der Waals surface area contributed by atoms with Gasteiger partial charge in [-0.15, -0.1) is 0 Å². The van der Waals surface area contributed by atoms with Crippen molar-refractivity contribution >= 4 is 0 Å². The van der Waals surface area contributed by atoms with Crippen molar-refractivity contribution in [3.05, 3.63) is 0 Å². The van der Waals surface area contributed by atoms with Gasteiger partial charge in [0.15, 0.2) is 6.29 Å². The molecule has 1 rings (SSSR count). The number of ether oxygens (including phenoxy) is 2. The van der Waals surface area contributed by atoms with Crippen molar-refractivity contribution in [2.45, 2.75) is 44.1 Å². The normalized spacial score (nSPS) is 46.4. The van der Waals surface area contributed by atoms with E-state index in [4.69, 9.17) is 9.47 Å². The van der Waals surface area contributed by atoms with Crippen LogP contribution in [0.5, 0.6) is 0 Å². The number of rotatable bonds is 2. The molecule has 13 heavy (non-hydrogen) atoms. The number of hydrogen-bond acceptors (Lipinski definition) is 5. The van der Waals surface area contributed by atoms with Gasteiger partial charge in [-0.1, -0.05) is 6.92 Å². The van der Waals surface area contributed by atoms with E-state index in [1.165, 1.54) is 7.11 Å². The molecule has 0 radical (unpaired) electrons. The van der Waals surface area contributed by atoms with Crippen LogP contribution in [0.25, 0.3) is 0 Å². The van der Waals surface area contributed by atoms with Gasteiger partial charge in [-0.3, -0.25) is 0 Å². The van der Waals surface area contributed by atoms with Crippen molar-refractivity contribution in [2.24, 2.45) is 0 Å². The molecule has 0 aliphatic carbocycles. The fourth-order valence-corrected chi connectivity index (χ4v) is 1.45. The van der Waals surface area contributed by atoms with Gasteiger partial charge in [0.1, 0.15) is 18.3 Å². The van der Waals surface area contributed by atoms with Gasteiger partial charge in [0.05, 0.1) is 6.10 Å². The summed E-state index contributed by atoms with van der Waals surface area (Å²) in [7, 11) is 1.38. The molecular weight excluding hydrogens is 176 g/mol. The quantitative estimate of drug-likeness (QED) is 0.515. The van der Waals surface area contributed by atoms with Crippen molar-refractivity contribution in [1.29, 1.82) is 0 Å². The van der Waals surface area contributed by atoms with Gasteiger partial charge >= 0.3 is 0 Å². The van der Waals surface area contributed by atoms with Gasteiger partial charge in [0.25, 0.3) is 0 Å². The van der Waals surface area contributed by atoms with E-state index >= 15 is 0 Å². The summed E-state index contributed by atoms with van der Waals surface area (Å²) < 4.78 is 10.0. The van der Waals surface area contributed by atoms with Gasteiger partial charge in [0, 0.05) is 7.11 Å². The Morgan fingerprint density at radius 3 is 2.23 bits per heavy atom. The molecule has 0 bridgehead atoms. The second-order valence-electron chi connectivity index (χ2n) is 3.16. The highest BCUT2D eigenvalue weighted by atomic mass is 16.7. The average Bonchev–Trinajstić information content (AvgIpc) is 2.15. The first-order chi connectivity index (χ1) is 6.11. The van der Waals surface area contributed by atoms with Gasteiger partial charge in [0.2, 0.25) is 0 Å². The maximum Gasteiger partial charge on any atom is 0.186 e. The fraction of sp³-hybridized carbons (Fsp3) is 1.00. The highest BCUT2D eigenvalue weighted by molar-refractivity contribution is 4.88. The second kappa shape index (κ2) is 4.34. The van der Waals surface area contributed by atoms with E-state index in [0.29, 0.717) is 6.42 Å². The largest absolute Gasteiger partial charge is 0.388 e. The first-order valence-corrected chi connectivity index (χ1v) is 4.34. The summed E-state index contributed by atoms with van der Waals surface area (Å²) in [6.07, 6.45) is -4.23. The van der Waals surface area contributed by atoms with Crippen LogP contribution in [0.4, 0.5) is 0 Å². The Morgan fingerprint density at radius 1 is 1.15 bits per heavy atom. The molecule has 0 saturated carbocycles. The zero-order valence-corrected chi connectivity index (χ0v) is 7.75. The molecule has 1 heterocycles. The Bertz CT molecular complexity index is 143. The first kappa shape index (κ1) is 10.9. The standard InChI is InChI=1S/C8H16O5/c1-3-4-5(9)6(10)7(11)8(12-2)13-4/h4-11H,3H2,1-2H3/t4?,5-,6?,7+,8+/m1/s1. The summed E-state index contributed by atoms with van der Waals surface area (Å²) in [5.41, 5.74) is 0. The fourth-order valence-electron chi connectivity index (χ4n) is 1.45. The van der Waals surface area contributed by atoms with Crippen LogP contribution in [0.2, 0.25) is 0 Å². The highest BCUT2D eigenvalue weighted by Gasteiger charge is 2.42. The summed E-state index contributed by atoms with van der Waals surface area (Å²) in [6, 6.07) is 0. The highest BCUT2D eigenvalue weighted by Crippen LogP contribution is 2.23. The number of aliphatic hydroxyl groups excluding tert-OH is 3. The van der Waals surface area contributed by atoms with E-state index in [2.05, 4.69) is 0 Å². The van der Waals surface area contributed by atoms with Crippen LogP contribution < -0.4 is 0 Å². The van der Waals surface area contributed by atoms with E-state index < -0.39 is 30.7 Å². The molecule has 0 spiro atoms. The van der Waals surface area contributed by atoms with Crippen LogP contribution in [0.15, 0.2) is 0 Å². The van der Waals surface area contributed by atoms with Gasteiger partial charge in [-0.05, 0) is 6.42 Å². The molecule has 3 N–H and O–H groups in total. The molecule has 0 aromatic heterocycles. The SMILES string of the molecule is CCC1O[C@H](OC)[C@@H](O)C(O)[C@@H]1O. The average molecular weight is 192 g/mol. The zero-order chi connectivity index (χ0) is 10.0. The summed E-state index contributed by atoms with van der Waals surface area (Å²) in [4.78, 5) is 0. The molecule has 5 atom stereocenters. The minimum Gasteiger partial charge on any atom is -0.388 e. The summed E-state index contributed by atoms with van der Waals surface area (Å²) in [6.45, 7) is 1.82. The molecule has 1 saturated heterocycles. The summed E-state index contributed by atoms with van der Waals surface area (Å²) >= 11 is 0. The molecule has 0 amide bonds. The lowest BCUT2D eigenvalue weighted by molar-refractivity contribution is -0.290. The third-order valence-corrected chi connectivity index (χ3v) is 2.30. The molecule has 78 valence electrons. The van der Waals surface area contributed by atoms with E-state index in [1.807, 2.05) is 6.92 Å². The number of hydrogen-bond donors (Lipinski definition) is 3. The lowest BCUT2D eigenvalue weighted by Gasteiger charge is -2.39. The number of methoxy groups -OCH3 is 1. The van der Waals surface area contributed by atoms with Gasteiger partial charge < -0.3 is 24.8 Å². The van der Waals surface area contributed by atoms with Crippen molar-refractivity contribution < 1.29 is 24.8 Å². The molecule has 5 heteroatoms. The maximum absolute atomic E-state index is 9.43. The predicted molar refractivity (Wildman–Crippen MR) is 44.0 cm³/mol. The monoisotopic (exact) mass is 192 g/mol. The topological polar surface area (TPSA) is 79.2 Å². The molecule has 5 nitrogen and oxygen atoms in total. The Labute approximate surface area is 76.9 Å². The maximum atomic E-state index is 9.43. The van der Waals surface area contributed by atoms with Crippen LogP contribution in [0.1, 0.15) is 13.3 Å². The molecule has 2 unspecified atom stereocenters. The van der Waals surface area contributed by atoms with Gasteiger partial charge in [-0.2, -0.15) is 0 Å². The third kappa shape index (κ3) is 2.00. The molecule has 0 aromatic rings. The molecular formula is C8H16O5. The predicted octanol–water partition coefficient (Wildman–Crippen LogP) is -1.15. The zero-order valence-electron chi connectivity index (χ0n) is 7.75. The summed E-state index contributed by atoms with van der Waals surface area (Å²) in [5.74, 6) is 0. The van der Waals surface area contributed by atoms with Crippen molar-refractivity contribution in [3.8, 4) is 0 Å². The third-order valence-electron chi connectivity index (χ3n) is 2.30. The van der Waals surface area contributed by atoms with Crippen LogP contribution in [0.3, 0.4) is 0 Å². The van der Waals surface area contributed by atoms with E-state index in [9.17, 15) is 15.3 Å². The van der Waals surface area contributed by atoms with Gasteiger partial charge in [-0.25, -0.2) is 0 Å². The molecule has 1 aliphatic heterocycles. The second-order valence-corrected chi connectivity index (χ2v) is 3.16. The molecule has 1 fully saturated rings. The van der Waals surface area contributed by atoms with Crippen LogP contribution in [-0.2, 0) is 9.47 Å². The van der Waals surface area contributed by atoms with E-state index in [-0.39, 0.29) is 0 Å². The minimum absolute atomic E-state index is 0.483. The Hall–Kier alpha value is -0.200. The molecule has 1 aliphatic rings. The Kier molecular flexibility index (Phi) is 3.63. The van der Waals surface area contributed by atoms with Crippen LogP contribution >= 0.6 is 0 Å². The van der Waals surface area contributed by atoms with Crippen molar-refractivity contribution in [3.63, 3.8) is 0 Å². The van der Waals surface area contributed by atoms with Crippen molar-refractivity contribution in [2.75, 3.05) is 7.11 Å². The van der Waals surface area contributed by atoms with E-state index in [0.717, 1.165) is 0 Å². The van der Waals surface area contributed by atoms with E-state index in [1.54, 1.807) is 0 Å². The lowest BCUT2D eigenvalue weighted by Crippen LogP contribution is -2.57. The minimum atomic E-state index is -1.20. The van der Waals surface area contributed by atoms with Crippen LogP contribution in [0, 0.1) is 0 Å². The first-order valence-electron chi connectivity index (χ1n) is 4.34. The smallest absolute Gasteiger partial charge is 0.186 e. The van der Waals surface area contributed by atoms with Crippen molar-refractivity contribution in [1.82, 2.24) is 0 Å². The number of aliphatic hydroxyl groups is 3. The Balaban J connectivity index is 2.66.